The minimum absolute atomic E-state index is 0.171. The summed E-state index contributed by atoms with van der Waals surface area (Å²) in [6.07, 6.45) is 1.47. The van der Waals surface area contributed by atoms with Crippen molar-refractivity contribution in [3.8, 4) is 11.5 Å². The number of nitrogens with zero attached hydrogens (tertiary/aromatic N) is 1. The van der Waals surface area contributed by atoms with Crippen LogP contribution in [0.3, 0.4) is 0 Å². The van der Waals surface area contributed by atoms with E-state index in [-0.39, 0.29) is 24.2 Å². The van der Waals surface area contributed by atoms with Gasteiger partial charge in [0.15, 0.2) is 11.5 Å². The van der Waals surface area contributed by atoms with Gasteiger partial charge < -0.3 is 20.1 Å². The third-order valence-corrected chi connectivity index (χ3v) is 3.78. The van der Waals surface area contributed by atoms with Crippen molar-refractivity contribution in [2.75, 3.05) is 17.4 Å². The first kappa shape index (κ1) is 15.9. The number of pyridine rings is 1. The van der Waals surface area contributed by atoms with Gasteiger partial charge in [0.1, 0.15) is 11.5 Å². The second-order valence-electron chi connectivity index (χ2n) is 5.56. The van der Waals surface area contributed by atoms with E-state index in [1.165, 1.54) is 12.3 Å². The number of nitrogens with one attached hydrogen (secondary N) is 2. The van der Waals surface area contributed by atoms with Crippen LogP contribution in [0.2, 0.25) is 0 Å². The number of hydrogen-bond acceptors (Lipinski definition) is 5. The molecule has 2 heterocycles. The number of carbonyl (C=O) groups excluding carboxylic acids is 1. The number of rotatable bonds is 4. The second-order valence-corrected chi connectivity index (χ2v) is 5.56. The third kappa shape index (κ3) is 3.27. The summed E-state index contributed by atoms with van der Waals surface area (Å²) < 4.78 is 24.2. The zero-order valence-corrected chi connectivity index (χ0v) is 13.5. The number of ether oxygens (including phenoxy) is 2. The summed E-state index contributed by atoms with van der Waals surface area (Å²) in [6, 6.07) is 14.7. The number of aromatic nitrogens is 1. The molecule has 0 unspecified atom stereocenters. The van der Waals surface area contributed by atoms with Gasteiger partial charge in [-0.3, -0.25) is 4.79 Å². The van der Waals surface area contributed by atoms with Gasteiger partial charge in [0.05, 0.1) is 17.6 Å². The minimum Gasteiger partial charge on any atom is -0.454 e. The molecular formula is C19H14FN3O3. The molecule has 0 radical (unpaired) electrons. The van der Waals surface area contributed by atoms with Gasteiger partial charge in [-0.2, -0.15) is 0 Å². The molecule has 0 bridgehead atoms. The molecule has 2 aromatic carbocycles. The van der Waals surface area contributed by atoms with Crippen molar-refractivity contribution >= 4 is 23.0 Å². The maximum atomic E-state index is 13.7. The molecule has 3 aromatic rings. The van der Waals surface area contributed by atoms with Crippen molar-refractivity contribution < 1.29 is 18.7 Å². The average molecular weight is 351 g/mol. The fourth-order valence-corrected chi connectivity index (χ4v) is 2.49. The van der Waals surface area contributed by atoms with Crippen LogP contribution in [-0.2, 0) is 0 Å². The maximum absolute atomic E-state index is 13.7. The Morgan fingerprint density at radius 1 is 1.00 bits per heavy atom. The molecule has 4 rings (SSSR count). The lowest BCUT2D eigenvalue weighted by atomic mass is 10.2. The normalized spacial score (nSPS) is 11.9. The van der Waals surface area contributed by atoms with E-state index in [4.69, 9.17) is 9.47 Å². The summed E-state index contributed by atoms with van der Waals surface area (Å²) in [5.74, 6) is 0.503. The first-order valence-electron chi connectivity index (χ1n) is 7.88. The number of anilines is 3. The van der Waals surface area contributed by atoms with E-state index in [1.54, 1.807) is 48.5 Å². The summed E-state index contributed by atoms with van der Waals surface area (Å²) in [6.45, 7) is 0.171. The summed E-state index contributed by atoms with van der Waals surface area (Å²) in [5, 5.41) is 5.67. The monoisotopic (exact) mass is 351 g/mol. The fourth-order valence-electron chi connectivity index (χ4n) is 2.49. The van der Waals surface area contributed by atoms with Crippen LogP contribution in [0.4, 0.5) is 21.5 Å². The van der Waals surface area contributed by atoms with Crippen molar-refractivity contribution in [3.05, 3.63) is 72.3 Å². The van der Waals surface area contributed by atoms with Gasteiger partial charge >= 0.3 is 0 Å². The van der Waals surface area contributed by atoms with Crippen LogP contribution < -0.4 is 20.1 Å². The zero-order chi connectivity index (χ0) is 17.9. The molecule has 6 nitrogen and oxygen atoms in total. The van der Waals surface area contributed by atoms with E-state index in [9.17, 15) is 9.18 Å². The second kappa shape index (κ2) is 6.72. The van der Waals surface area contributed by atoms with E-state index in [0.717, 1.165) is 0 Å². The number of halogens is 1. The predicted molar refractivity (Wildman–Crippen MR) is 94.4 cm³/mol. The Bertz CT molecular complexity index is 960. The molecule has 0 aliphatic carbocycles. The van der Waals surface area contributed by atoms with E-state index < -0.39 is 0 Å². The highest BCUT2D eigenvalue weighted by molar-refractivity contribution is 6.03. The molecule has 1 aliphatic heterocycles. The molecular weight excluding hydrogens is 337 g/mol. The molecule has 26 heavy (non-hydrogen) atoms. The molecule has 1 aromatic heterocycles. The molecule has 7 heteroatoms. The van der Waals surface area contributed by atoms with E-state index in [1.807, 2.05) is 0 Å². The van der Waals surface area contributed by atoms with Crippen molar-refractivity contribution in [2.24, 2.45) is 0 Å². The van der Waals surface area contributed by atoms with Crippen molar-refractivity contribution in [3.63, 3.8) is 0 Å². The molecule has 0 spiro atoms. The minimum atomic E-state index is -0.364. The highest BCUT2D eigenvalue weighted by atomic mass is 19.1. The zero-order valence-electron chi connectivity index (χ0n) is 13.5. The molecule has 0 fully saturated rings. The van der Waals surface area contributed by atoms with E-state index in [2.05, 4.69) is 15.6 Å². The highest BCUT2D eigenvalue weighted by Crippen LogP contribution is 2.34. The first-order valence-corrected chi connectivity index (χ1v) is 7.88. The topological polar surface area (TPSA) is 72.5 Å². The maximum Gasteiger partial charge on any atom is 0.274 e. The Morgan fingerprint density at radius 3 is 2.62 bits per heavy atom. The molecule has 1 amide bonds. The molecule has 2 N–H and O–H groups in total. The van der Waals surface area contributed by atoms with Gasteiger partial charge in [0.2, 0.25) is 6.79 Å². The largest absolute Gasteiger partial charge is 0.454 e. The standard InChI is InChI=1S/C19H14FN3O3/c20-14-3-1-2-4-15(14)22-13-5-7-16(21-10-13)19(24)23-12-6-8-17-18(9-12)26-11-25-17/h1-10,22H,11H2,(H,23,24). The molecule has 0 saturated heterocycles. The number of fused-ring (bicyclic) bond motifs is 1. The Labute approximate surface area is 148 Å². The van der Waals surface area contributed by atoms with Crippen LogP contribution in [0, 0.1) is 5.82 Å². The van der Waals surface area contributed by atoms with Crippen molar-refractivity contribution in [1.82, 2.24) is 4.98 Å². The van der Waals surface area contributed by atoms with Gasteiger partial charge in [0, 0.05) is 11.8 Å². The SMILES string of the molecule is O=C(Nc1ccc2c(c1)OCO2)c1ccc(Nc2ccccc2F)cn1. The van der Waals surface area contributed by atoms with Gasteiger partial charge in [-0.25, -0.2) is 9.37 Å². The van der Waals surface area contributed by atoms with Crippen molar-refractivity contribution in [1.29, 1.82) is 0 Å². The number of amides is 1. The van der Waals surface area contributed by atoms with Crippen LogP contribution in [-0.4, -0.2) is 17.7 Å². The third-order valence-electron chi connectivity index (χ3n) is 3.78. The summed E-state index contributed by atoms with van der Waals surface area (Å²) >= 11 is 0. The lowest BCUT2D eigenvalue weighted by molar-refractivity contribution is 0.102. The van der Waals surface area contributed by atoms with Gasteiger partial charge in [-0.05, 0) is 36.4 Å². The number of carbonyl (C=O) groups is 1. The highest BCUT2D eigenvalue weighted by Gasteiger charge is 2.15. The fraction of sp³-hybridized carbons (Fsp3) is 0.0526. The van der Waals surface area contributed by atoms with Crippen molar-refractivity contribution in [2.45, 2.75) is 0 Å². The summed E-state index contributed by atoms with van der Waals surface area (Å²) in [4.78, 5) is 16.4. The lowest BCUT2D eigenvalue weighted by Crippen LogP contribution is -2.13. The van der Waals surface area contributed by atoms with Crippen LogP contribution in [0.1, 0.15) is 10.5 Å². The average Bonchev–Trinajstić information content (AvgIpc) is 3.12. The van der Waals surface area contributed by atoms with Crippen LogP contribution in [0.25, 0.3) is 0 Å². The Balaban J connectivity index is 1.44. The molecule has 130 valence electrons. The van der Waals surface area contributed by atoms with Crippen LogP contribution in [0.5, 0.6) is 11.5 Å². The van der Waals surface area contributed by atoms with Gasteiger partial charge in [0.25, 0.3) is 5.91 Å². The Hall–Kier alpha value is -3.61. The van der Waals surface area contributed by atoms with Gasteiger partial charge in [-0.1, -0.05) is 12.1 Å². The van der Waals surface area contributed by atoms with Crippen LogP contribution >= 0.6 is 0 Å². The smallest absolute Gasteiger partial charge is 0.274 e. The Kier molecular flexibility index (Phi) is 4.10. The summed E-state index contributed by atoms with van der Waals surface area (Å²) in [7, 11) is 0. The number of para-hydroxylation sites is 1. The van der Waals surface area contributed by atoms with E-state index >= 15 is 0 Å². The lowest BCUT2D eigenvalue weighted by Gasteiger charge is -2.08. The summed E-state index contributed by atoms with van der Waals surface area (Å²) in [5.41, 5.74) is 1.73. The molecule has 0 atom stereocenters. The first-order chi connectivity index (χ1) is 12.7. The number of hydrogen-bond donors (Lipinski definition) is 2. The van der Waals surface area contributed by atoms with E-state index in [0.29, 0.717) is 28.6 Å². The Morgan fingerprint density at radius 2 is 1.81 bits per heavy atom. The van der Waals surface area contributed by atoms with Gasteiger partial charge in [-0.15, -0.1) is 0 Å². The predicted octanol–water partition coefficient (Wildman–Crippen LogP) is 3.95. The molecule has 0 saturated carbocycles. The molecule has 1 aliphatic rings. The quantitative estimate of drug-likeness (QED) is 0.745. The number of benzene rings is 2. The van der Waals surface area contributed by atoms with Crippen LogP contribution in [0.15, 0.2) is 60.8 Å².